The predicted molar refractivity (Wildman–Crippen MR) is 137 cm³/mol. The number of hydrogen-bond donors (Lipinski definition) is 7. The molecule has 1 aromatic carbocycles. The van der Waals surface area contributed by atoms with Crippen LogP contribution in [0.25, 0.3) is 0 Å². The van der Waals surface area contributed by atoms with Crippen molar-refractivity contribution in [1.29, 1.82) is 0 Å². The van der Waals surface area contributed by atoms with E-state index in [1.54, 1.807) is 33.1 Å². The molecule has 0 aliphatic heterocycles. The van der Waals surface area contributed by atoms with Gasteiger partial charge >= 0.3 is 10.4 Å². The lowest BCUT2D eigenvalue weighted by molar-refractivity contribution is -0.148. The van der Waals surface area contributed by atoms with E-state index in [4.69, 9.17) is 34.9 Å². The Morgan fingerprint density at radius 3 is 2.13 bits per heavy atom. The molecule has 8 N–H and O–H groups in total. The number of hydrogen-bond acceptors (Lipinski definition) is 11. The van der Waals surface area contributed by atoms with Crippen LogP contribution in [0, 0.1) is 11.8 Å². The number of likely N-dealkylation sites (N-methyl/N-ethyl adjacent to an activating group) is 1. The highest BCUT2D eigenvalue weighted by Crippen LogP contribution is 2.53. The Hall–Kier alpha value is -3.21. The van der Waals surface area contributed by atoms with Gasteiger partial charge < -0.3 is 31.1 Å². The lowest BCUT2D eigenvalue weighted by Crippen LogP contribution is -2.63. The molecule has 14 nitrogen and oxygen atoms in total. The second kappa shape index (κ2) is 10.1. The number of carbonyl (C=O) groups is 3. The maximum atomic E-state index is 13.6. The average Bonchev–Trinajstić information content (AvgIpc) is 2.74. The minimum atomic E-state index is -4.67. The minimum absolute atomic E-state index is 0.0197. The molecule has 0 bridgehead atoms. The van der Waals surface area contributed by atoms with Gasteiger partial charge in [-0.3, -0.25) is 28.4 Å². The van der Waals surface area contributed by atoms with E-state index in [0.717, 1.165) is 0 Å². The zero-order valence-electron chi connectivity index (χ0n) is 21.2. The van der Waals surface area contributed by atoms with E-state index in [0.29, 0.717) is 11.3 Å². The van der Waals surface area contributed by atoms with Crippen molar-refractivity contribution in [3.8, 4) is 5.75 Å². The van der Waals surface area contributed by atoms with E-state index in [1.165, 1.54) is 11.0 Å². The molecule has 0 heterocycles. The number of phenolic OH excluding ortho intramolecular Hbond substituents is 1. The van der Waals surface area contributed by atoms with Gasteiger partial charge in [0.05, 0.1) is 22.3 Å². The monoisotopic (exact) mass is 589 g/mol. The first-order valence-corrected chi connectivity index (χ1v) is 13.1. The summed E-state index contributed by atoms with van der Waals surface area (Å²) in [4.78, 5) is 42.0. The summed E-state index contributed by atoms with van der Waals surface area (Å²) < 4.78 is 31.6. The third-order valence-electron chi connectivity index (χ3n) is 7.10. The summed E-state index contributed by atoms with van der Waals surface area (Å²) in [6.07, 6.45) is 0.197. The molecule has 39 heavy (non-hydrogen) atoms. The summed E-state index contributed by atoms with van der Waals surface area (Å²) in [5.74, 6) is -6.89. The number of nitrogens with zero attached hydrogens (tertiary/aromatic N) is 2. The van der Waals surface area contributed by atoms with Crippen LogP contribution >= 0.6 is 11.6 Å². The van der Waals surface area contributed by atoms with Crippen molar-refractivity contribution < 1.29 is 52.3 Å². The number of benzene rings is 1. The first-order valence-electron chi connectivity index (χ1n) is 11.3. The van der Waals surface area contributed by atoms with Gasteiger partial charge in [-0.15, -0.1) is 0 Å². The summed E-state index contributed by atoms with van der Waals surface area (Å²) in [7, 11) is 1.97. The minimum Gasteiger partial charge on any atom is -0.510 e. The molecule has 0 aromatic heterocycles. The molecular weight excluding hydrogens is 562 g/mol. The lowest BCUT2D eigenvalue weighted by Gasteiger charge is -2.50. The van der Waals surface area contributed by atoms with Gasteiger partial charge in [-0.1, -0.05) is 11.6 Å². The smallest absolute Gasteiger partial charge is 0.394 e. The Morgan fingerprint density at radius 2 is 1.67 bits per heavy atom. The number of fused-ring (bicyclic) bond motifs is 3. The van der Waals surface area contributed by atoms with Crippen LogP contribution in [0.1, 0.15) is 22.3 Å². The van der Waals surface area contributed by atoms with Crippen LogP contribution < -0.4 is 10.6 Å². The molecule has 0 saturated carbocycles. The molecule has 1 aromatic rings. The number of phenols is 1. The highest BCUT2D eigenvalue weighted by Gasteiger charge is 2.63. The molecule has 0 fully saturated rings. The molecule has 0 radical (unpaired) electrons. The number of halogens is 1. The molecule has 0 saturated heterocycles. The van der Waals surface area contributed by atoms with E-state index in [2.05, 4.69) is 0 Å². The number of allylic oxidation sites excluding steroid dienone is 1. The van der Waals surface area contributed by atoms with Crippen molar-refractivity contribution in [2.45, 2.75) is 24.5 Å². The van der Waals surface area contributed by atoms with Crippen LogP contribution in [0.4, 0.5) is 5.69 Å². The van der Waals surface area contributed by atoms with E-state index in [1.807, 2.05) is 0 Å². The Morgan fingerprint density at radius 1 is 1.13 bits per heavy atom. The summed E-state index contributed by atoms with van der Waals surface area (Å²) >= 11 is 6.35. The van der Waals surface area contributed by atoms with Crippen molar-refractivity contribution in [3.05, 3.63) is 44.9 Å². The van der Waals surface area contributed by atoms with Gasteiger partial charge in [0, 0.05) is 31.7 Å². The van der Waals surface area contributed by atoms with Crippen molar-refractivity contribution in [2.24, 2.45) is 17.6 Å². The molecule has 214 valence electrons. The summed E-state index contributed by atoms with van der Waals surface area (Å²) in [5, 5.41) is 44.3. The molecular formula is C23H28ClN3O11S. The first kappa shape index (κ1) is 30.3. The van der Waals surface area contributed by atoms with Crippen LogP contribution in [-0.4, -0.2) is 100 Å². The number of anilines is 1. The topological polar surface area (TPSA) is 239 Å². The fourth-order valence-electron chi connectivity index (χ4n) is 5.76. The first-order chi connectivity index (χ1) is 17.7. The summed E-state index contributed by atoms with van der Waals surface area (Å²) in [6, 6.07) is 0.192. The van der Waals surface area contributed by atoms with Gasteiger partial charge in [0.25, 0.3) is 5.91 Å². The van der Waals surface area contributed by atoms with E-state index in [-0.39, 0.29) is 34.8 Å². The summed E-state index contributed by atoms with van der Waals surface area (Å²) in [5.41, 5.74) is 2.56. The van der Waals surface area contributed by atoms with Crippen molar-refractivity contribution in [1.82, 2.24) is 4.90 Å². The Kier molecular flexibility index (Phi) is 7.84. The third-order valence-corrected chi connectivity index (χ3v) is 7.38. The van der Waals surface area contributed by atoms with Crippen LogP contribution in [0.2, 0.25) is 5.02 Å². The second-order valence-electron chi connectivity index (χ2n) is 9.89. The van der Waals surface area contributed by atoms with Gasteiger partial charge in [0.15, 0.2) is 11.4 Å². The number of aromatic hydroxyl groups is 1. The number of nitrogens with two attached hydrogens (primary N) is 1. The predicted octanol–water partition coefficient (Wildman–Crippen LogP) is 0.187. The third kappa shape index (κ3) is 4.97. The maximum absolute atomic E-state index is 13.6. The number of rotatable bonds is 3. The zero-order valence-corrected chi connectivity index (χ0v) is 22.8. The Bertz CT molecular complexity index is 1440. The fraction of sp³-hybridized carbons (Fsp3) is 0.435. The number of carbonyl (C=O) groups excluding carboxylic acids is 3. The Labute approximate surface area is 228 Å². The highest BCUT2D eigenvalue weighted by atomic mass is 35.5. The SMILES string of the molecule is CN(C)c1c(Cl)cc(O)c2c1CC1CC3C(N(C)C)C(O)=C(C(N)=O)C(=O)C3(O)C(O)=C1C2=O.O=S(=O)(O)O. The van der Waals surface area contributed by atoms with E-state index in [9.17, 15) is 34.8 Å². The standard InChI is InChI=1S/C23H26ClN3O7.H2O4S/c1-26(2)16-9-5-8-6-10-17(27(3)4)19(30)15(22(25)33)21(32)23(10,34)20(31)13(8)18(29)14(9)12(28)7-11(16)24;1-5(2,3)4/h7-8,10,17,28,30-31,34H,5-6H2,1-4H3,(H2,25,33);(H2,1,2,3,4). The molecule has 4 rings (SSSR count). The number of aliphatic hydroxyl groups is 3. The van der Waals surface area contributed by atoms with Gasteiger partial charge in [0.2, 0.25) is 5.78 Å². The highest BCUT2D eigenvalue weighted by molar-refractivity contribution is 7.79. The average molecular weight is 590 g/mol. The molecule has 4 unspecified atom stereocenters. The van der Waals surface area contributed by atoms with Crippen LogP contribution in [-0.2, 0) is 26.4 Å². The molecule has 3 aliphatic carbocycles. The second-order valence-corrected chi connectivity index (χ2v) is 11.2. The maximum Gasteiger partial charge on any atom is 0.394 e. The Balaban J connectivity index is 0.000000771. The van der Waals surface area contributed by atoms with Crippen LogP contribution in [0.5, 0.6) is 5.75 Å². The normalized spacial score (nSPS) is 26.4. The number of primary amides is 1. The van der Waals surface area contributed by atoms with Gasteiger partial charge in [-0.25, -0.2) is 0 Å². The van der Waals surface area contributed by atoms with Crippen molar-refractivity contribution >= 4 is 45.2 Å². The van der Waals surface area contributed by atoms with Crippen molar-refractivity contribution in [3.63, 3.8) is 0 Å². The van der Waals surface area contributed by atoms with Gasteiger partial charge in [0.1, 0.15) is 22.8 Å². The molecule has 0 spiro atoms. The quantitative estimate of drug-likeness (QED) is 0.184. The molecule has 3 aliphatic rings. The number of aliphatic hydroxyl groups excluding tert-OH is 2. The van der Waals surface area contributed by atoms with E-state index < -0.39 is 68.4 Å². The van der Waals surface area contributed by atoms with Crippen LogP contribution in [0.15, 0.2) is 28.7 Å². The number of amides is 1. The number of ketones is 2. The van der Waals surface area contributed by atoms with Crippen LogP contribution in [0.3, 0.4) is 0 Å². The molecule has 16 heteroatoms. The number of Topliss-reactive ketones (excluding diaryl/α,β-unsaturated/α-hetero) is 2. The van der Waals surface area contributed by atoms with Crippen molar-refractivity contribution in [2.75, 3.05) is 33.1 Å². The lowest BCUT2D eigenvalue weighted by atomic mass is 9.58. The largest absolute Gasteiger partial charge is 0.510 e. The fourth-order valence-corrected chi connectivity index (χ4v) is 6.15. The molecule has 1 amide bonds. The van der Waals surface area contributed by atoms with Gasteiger partial charge in [-0.05, 0) is 38.4 Å². The van der Waals surface area contributed by atoms with Gasteiger partial charge in [-0.2, -0.15) is 8.42 Å². The summed E-state index contributed by atoms with van der Waals surface area (Å²) in [6.45, 7) is 0. The zero-order chi connectivity index (χ0) is 29.9. The molecule has 4 atom stereocenters. The van der Waals surface area contributed by atoms with E-state index >= 15 is 0 Å².